The van der Waals surface area contributed by atoms with Crippen molar-refractivity contribution in [3.63, 3.8) is 0 Å². The van der Waals surface area contributed by atoms with Gasteiger partial charge in [0.15, 0.2) is 0 Å². The molecule has 1 rings (SSSR count). The molecule has 4 nitrogen and oxygen atoms in total. The lowest BCUT2D eigenvalue weighted by Gasteiger charge is -2.09. The Morgan fingerprint density at radius 3 is 2.79 bits per heavy atom. The van der Waals surface area contributed by atoms with Gasteiger partial charge in [-0.2, -0.15) is 11.8 Å². The van der Waals surface area contributed by atoms with Gasteiger partial charge in [-0.25, -0.2) is 13.1 Å². The summed E-state index contributed by atoms with van der Waals surface area (Å²) in [5.74, 6) is 0. The van der Waals surface area contributed by atoms with E-state index in [1.165, 1.54) is 11.3 Å². The number of nitrogens with one attached hydrogen (secondary N) is 2. The average molecular weight is 387 g/mol. The molecular formula is C11H19BrN2O2S3. The van der Waals surface area contributed by atoms with Crippen molar-refractivity contribution in [3.8, 4) is 0 Å². The minimum absolute atomic E-state index is 0.258. The van der Waals surface area contributed by atoms with Crippen LogP contribution in [0.15, 0.2) is 14.7 Å². The summed E-state index contributed by atoms with van der Waals surface area (Å²) in [7, 11) is -3.43. The molecule has 0 fully saturated rings. The Labute approximate surface area is 131 Å². The molecular weight excluding hydrogens is 368 g/mol. The highest BCUT2D eigenvalue weighted by Crippen LogP contribution is 2.31. The second-order valence-corrected chi connectivity index (χ2v) is 9.50. The maximum Gasteiger partial charge on any atom is 0.242 e. The van der Waals surface area contributed by atoms with E-state index >= 15 is 0 Å². The molecule has 0 saturated heterocycles. The van der Waals surface area contributed by atoms with E-state index in [4.69, 9.17) is 0 Å². The molecule has 0 saturated carbocycles. The monoisotopic (exact) mass is 386 g/mol. The zero-order valence-electron chi connectivity index (χ0n) is 11.2. The van der Waals surface area contributed by atoms with Gasteiger partial charge in [-0.1, -0.05) is 13.8 Å². The van der Waals surface area contributed by atoms with Gasteiger partial charge in [-0.3, -0.25) is 0 Å². The second-order valence-electron chi connectivity index (χ2n) is 4.03. The number of thiophene rings is 1. The number of sulfonamides is 1. The smallest absolute Gasteiger partial charge is 0.242 e. The normalized spacial score (nSPS) is 13.7. The first-order valence-electron chi connectivity index (χ1n) is 5.92. The third kappa shape index (κ3) is 5.35. The van der Waals surface area contributed by atoms with Crippen LogP contribution in [0.3, 0.4) is 0 Å². The molecule has 0 amide bonds. The lowest BCUT2D eigenvalue weighted by atomic mass is 10.4. The lowest BCUT2D eigenvalue weighted by molar-refractivity contribution is 0.581. The Kier molecular flexibility index (Phi) is 7.34. The highest BCUT2D eigenvalue weighted by molar-refractivity contribution is 9.11. The highest BCUT2D eigenvalue weighted by atomic mass is 79.9. The van der Waals surface area contributed by atoms with Gasteiger partial charge in [0.2, 0.25) is 10.0 Å². The summed E-state index contributed by atoms with van der Waals surface area (Å²) in [6.07, 6.45) is 1.97. The zero-order valence-corrected chi connectivity index (χ0v) is 15.2. The molecule has 8 heteroatoms. The van der Waals surface area contributed by atoms with Crippen LogP contribution in [-0.4, -0.2) is 33.0 Å². The van der Waals surface area contributed by atoms with E-state index in [9.17, 15) is 8.42 Å². The summed E-state index contributed by atoms with van der Waals surface area (Å²) in [5, 5.41) is 3.44. The van der Waals surface area contributed by atoms with E-state index in [0.29, 0.717) is 21.8 Å². The number of halogens is 1. The van der Waals surface area contributed by atoms with Gasteiger partial charge in [0.05, 0.1) is 3.79 Å². The van der Waals surface area contributed by atoms with Crippen molar-refractivity contribution in [2.24, 2.45) is 0 Å². The second kappa shape index (κ2) is 7.99. The van der Waals surface area contributed by atoms with Gasteiger partial charge in [-0.05, 0) is 34.8 Å². The molecule has 19 heavy (non-hydrogen) atoms. The van der Waals surface area contributed by atoms with Crippen LogP contribution in [0.1, 0.15) is 18.7 Å². The Bertz CT molecular complexity index is 502. The molecule has 0 radical (unpaired) electrons. The van der Waals surface area contributed by atoms with Crippen LogP contribution in [0.5, 0.6) is 0 Å². The van der Waals surface area contributed by atoms with Crippen molar-refractivity contribution in [3.05, 3.63) is 14.7 Å². The first kappa shape index (κ1) is 17.5. The summed E-state index contributed by atoms with van der Waals surface area (Å²) in [6, 6.07) is 1.73. The quantitative estimate of drug-likeness (QED) is 0.720. The minimum atomic E-state index is -3.43. The van der Waals surface area contributed by atoms with Gasteiger partial charge in [0.25, 0.3) is 0 Å². The SMILES string of the molecule is CCNCc1cc(S(=O)(=O)NCC(C)SC)c(Br)s1. The molecule has 1 atom stereocenters. The largest absolute Gasteiger partial charge is 0.312 e. The summed E-state index contributed by atoms with van der Waals surface area (Å²) in [4.78, 5) is 1.34. The van der Waals surface area contributed by atoms with Crippen LogP contribution in [-0.2, 0) is 16.6 Å². The van der Waals surface area contributed by atoms with Crippen LogP contribution >= 0.6 is 39.0 Å². The molecule has 2 N–H and O–H groups in total. The molecule has 0 aliphatic carbocycles. The number of hydrogen-bond acceptors (Lipinski definition) is 5. The predicted octanol–water partition coefficient (Wildman–Crippen LogP) is 2.65. The molecule has 0 spiro atoms. The van der Waals surface area contributed by atoms with Gasteiger partial charge in [0, 0.05) is 23.2 Å². The van der Waals surface area contributed by atoms with Crippen molar-refractivity contribution >= 4 is 49.1 Å². The van der Waals surface area contributed by atoms with Crippen molar-refractivity contribution in [1.82, 2.24) is 10.0 Å². The molecule has 0 bridgehead atoms. The summed E-state index contributed by atoms with van der Waals surface area (Å²) in [5.41, 5.74) is 0. The highest BCUT2D eigenvalue weighted by Gasteiger charge is 2.21. The third-order valence-corrected chi connectivity index (χ3v) is 7.16. The molecule has 1 aromatic rings. The lowest BCUT2D eigenvalue weighted by Crippen LogP contribution is -2.29. The van der Waals surface area contributed by atoms with Crippen LogP contribution in [0.4, 0.5) is 0 Å². The van der Waals surface area contributed by atoms with E-state index in [1.807, 2.05) is 20.1 Å². The standard InChI is InChI=1S/C11H19BrN2O2S3/c1-4-13-7-9-5-10(11(12)18-9)19(15,16)14-6-8(2)17-3/h5,8,13-14H,4,6-7H2,1-3H3. The van der Waals surface area contributed by atoms with Crippen LogP contribution in [0.25, 0.3) is 0 Å². The Morgan fingerprint density at radius 1 is 1.53 bits per heavy atom. The minimum Gasteiger partial charge on any atom is -0.312 e. The summed E-state index contributed by atoms with van der Waals surface area (Å²) >= 11 is 6.42. The zero-order chi connectivity index (χ0) is 14.5. The fourth-order valence-corrected chi connectivity index (χ4v) is 5.44. The first-order chi connectivity index (χ1) is 8.90. The van der Waals surface area contributed by atoms with E-state index in [0.717, 1.165) is 11.4 Å². The van der Waals surface area contributed by atoms with E-state index in [1.54, 1.807) is 17.8 Å². The first-order valence-corrected chi connectivity index (χ1v) is 10.3. The fraction of sp³-hybridized carbons (Fsp3) is 0.636. The molecule has 1 unspecified atom stereocenters. The van der Waals surface area contributed by atoms with Crippen LogP contribution < -0.4 is 10.0 Å². The Balaban J connectivity index is 2.80. The van der Waals surface area contributed by atoms with Crippen LogP contribution in [0.2, 0.25) is 0 Å². The van der Waals surface area contributed by atoms with E-state index < -0.39 is 10.0 Å². The van der Waals surface area contributed by atoms with Gasteiger partial charge in [-0.15, -0.1) is 11.3 Å². The molecule has 1 heterocycles. The molecule has 110 valence electrons. The van der Waals surface area contributed by atoms with E-state index in [2.05, 4.69) is 26.0 Å². The van der Waals surface area contributed by atoms with Crippen molar-refractivity contribution < 1.29 is 8.42 Å². The number of rotatable bonds is 8. The maximum absolute atomic E-state index is 12.2. The maximum atomic E-state index is 12.2. The summed E-state index contributed by atoms with van der Waals surface area (Å²) < 4.78 is 27.7. The summed E-state index contributed by atoms with van der Waals surface area (Å²) in [6.45, 7) is 6.00. The molecule has 0 aliphatic heterocycles. The van der Waals surface area contributed by atoms with Gasteiger partial charge >= 0.3 is 0 Å². The van der Waals surface area contributed by atoms with Crippen molar-refractivity contribution in [2.75, 3.05) is 19.3 Å². The molecule has 0 aliphatic rings. The van der Waals surface area contributed by atoms with Gasteiger partial charge in [0.1, 0.15) is 4.90 Å². The van der Waals surface area contributed by atoms with Crippen molar-refractivity contribution in [1.29, 1.82) is 0 Å². The molecule has 0 aromatic carbocycles. The topological polar surface area (TPSA) is 58.2 Å². The fourth-order valence-electron chi connectivity index (χ4n) is 1.30. The predicted molar refractivity (Wildman–Crippen MR) is 87.6 cm³/mol. The van der Waals surface area contributed by atoms with Crippen LogP contribution in [0, 0.1) is 0 Å². The third-order valence-electron chi connectivity index (χ3n) is 2.51. The Hall–Kier alpha value is 0.400. The van der Waals surface area contributed by atoms with Crippen molar-refractivity contribution in [2.45, 2.75) is 30.5 Å². The Morgan fingerprint density at radius 2 is 2.21 bits per heavy atom. The van der Waals surface area contributed by atoms with Gasteiger partial charge < -0.3 is 5.32 Å². The average Bonchev–Trinajstić information content (AvgIpc) is 2.75. The number of hydrogen-bond donors (Lipinski definition) is 2. The van der Waals surface area contributed by atoms with E-state index in [-0.39, 0.29) is 5.25 Å². The number of thioether (sulfide) groups is 1. The molecule has 1 aromatic heterocycles.